The summed E-state index contributed by atoms with van der Waals surface area (Å²) in [5.41, 5.74) is 5.39. The van der Waals surface area contributed by atoms with Crippen LogP contribution in [0.1, 0.15) is 31.4 Å². The second-order valence-corrected chi connectivity index (χ2v) is 4.62. The van der Waals surface area contributed by atoms with Gasteiger partial charge in [0.15, 0.2) is 0 Å². The lowest BCUT2D eigenvalue weighted by Gasteiger charge is -1.90. The number of rotatable bonds is 0. The van der Waals surface area contributed by atoms with Gasteiger partial charge < -0.3 is 0 Å². The van der Waals surface area contributed by atoms with Crippen molar-refractivity contribution in [3.63, 3.8) is 0 Å². The standard InChI is InChI=1S/C9H12.C8H10/c1-8-4-3-5-9(2)7-6-8;1-7-3-5-8(2)6-4-7/h4-7H,3H2,1-2H3;3-6H,1-2H3. The fraction of sp³-hybridized carbons (Fsp3) is 0.294. The maximum atomic E-state index is 2.23. The molecule has 1 aromatic carbocycles. The van der Waals surface area contributed by atoms with Gasteiger partial charge in [-0.05, 0) is 34.1 Å². The third-order valence-corrected chi connectivity index (χ3v) is 2.71. The van der Waals surface area contributed by atoms with Crippen LogP contribution in [0.4, 0.5) is 0 Å². The molecule has 0 amide bonds. The van der Waals surface area contributed by atoms with Crippen molar-refractivity contribution >= 4 is 0 Å². The van der Waals surface area contributed by atoms with E-state index in [2.05, 4.69) is 76.3 Å². The molecule has 0 spiro atoms. The molecule has 0 aliphatic heterocycles. The van der Waals surface area contributed by atoms with E-state index in [1.54, 1.807) is 0 Å². The zero-order valence-electron chi connectivity index (χ0n) is 11.3. The lowest BCUT2D eigenvalue weighted by atomic mass is 10.2. The molecule has 0 saturated heterocycles. The van der Waals surface area contributed by atoms with Crippen molar-refractivity contribution in [2.75, 3.05) is 0 Å². The van der Waals surface area contributed by atoms with Crippen molar-refractivity contribution in [1.29, 1.82) is 0 Å². The molecule has 1 aromatic rings. The normalized spacial score (nSPS) is 14.1. The predicted molar refractivity (Wildman–Crippen MR) is 77.2 cm³/mol. The van der Waals surface area contributed by atoms with E-state index in [4.69, 9.17) is 0 Å². The Morgan fingerprint density at radius 3 is 1.35 bits per heavy atom. The summed E-state index contributed by atoms with van der Waals surface area (Å²) >= 11 is 0. The van der Waals surface area contributed by atoms with Gasteiger partial charge in [0, 0.05) is 0 Å². The molecule has 0 saturated carbocycles. The molecule has 0 heteroatoms. The van der Waals surface area contributed by atoms with Crippen LogP contribution in [0.25, 0.3) is 0 Å². The van der Waals surface area contributed by atoms with Crippen LogP contribution in [0, 0.1) is 13.8 Å². The minimum atomic E-state index is 1.09. The summed E-state index contributed by atoms with van der Waals surface area (Å²) in [7, 11) is 0. The molecular formula is C17H22. The maximum Gasteiger partial charge on any atom is -0.0158 e. The highest BCUT2D eigenvalue weighted by Gasteiger charge is 1.87. The highest BCUT2D eigenvalue weighted by molar-refractivity contribution is 5.29. The van der Waals surface area contributed by atoms with Gasteiger partial charge >= 0.3 is 0 Å². The third-order valence-electron chi connectivity index (χ3n) is 2.71. The zero-order chi connectivity index (χ0) is 12.7. The lowest BCUT2D eigenvalue weighted by Crippen LogP contribution is -1.70. The molecule has 90 valence electrons. The number of hydrogen-bond donors (Lipinski definition) is 0. The van der Waals surface area contributed by atoms with E-state index >= 15 is 0 Å². The number of allylic oxidation sites excluding steroid dienone is 6. The molecule has 0 fully saturated rings. The van der Waals surface area contributed by atoms with E-state index in [1.807, 2.05) is 0 Å². The molecule has 0 unspecified atom stereocenters. The maximum absolute atomic E-state index is 2.23. The van der Waals surface area contributed by atoms with Crippen LogP contribution in [0.3, 0.4) is 0 Å². The molecule has 1 aliphatic carbocycles. The second-order valence-electron chi connectivity index (χ2n) is 4.62. The Balaban J connectivity index is 0.000000171. The van der Waals surface area contributed by atoms with Gasteiger partial charge in [-0.15, -0.1) is 0 Å². The van der Waals surface area contributed by atoms with Gasteiger partial charge in [0.05, 0.1) is 0 Å². The van der Waals surface area contributed by atoms with Gasteiger partial charge in [-0.1, -0.05) is 70.8 Å². The summed E-state index contributed by atoms with van der Waals surface area (Å²) in [6, 6.07) is 8.48. The Labute approximate surface area is 105 Å². The van der Waals surface area contributed by atoms with Crippen LogP contribution in [-0.4, -0.2) is 0 Å². The van der Waals surface area contributed by atoms with E-state index in [-0.39, 0.29) is 0 Å². The molecule has 0 heterocycles. The van der Waals surface area contributed by atoms with E-state index < -0.39 is 0 Å². The average Bonchev–Trinajstić information content (AvgIpc) is 2.49. The number of aryl methyl sites for hydroxylation is 2. The molecule has 0 nitrogen and oxygen atoms in total. The smallest absolute Gasteiger partial charge is 0.0158 e. The Bertz CT molecular complexity index is 387. The fourth-order valence-electron chi connectivity index (χ4n) is 1.47. The Hall–Kier alpha value is -1.56. The van der Waals surface area contributed by atoms with Crippen molar-refractivity contribution < 1.29 is 0 Å². The zero-order valence-corrected chi connectivity index (χ0v) is 11.3. The quantitative estimate of drug-likeness (QED) is 0.574. The van der Waals surface area contributed by atoms with Gasteiger partial charge in [0.25, 0.3) is 0 Å². The molecule has 0 radical (unpaired) electrons. The summed E-state index contributed by atoms with van der Waals surface area (Å²) in [5, 5.41) is 0. The molecule has 1 aliphatic rings. The first-order chi connectivity index (χ1) is 8.08. The third kappa shape index (κ3) is 5.91. The molecule has 0 atom stereocenters. The first-order valence-electron chi connectivity index (χ1n) is 6.13. The van der Waals surface area contributed by atoms with E-state index in [0.29, 0.717) is 0 Å². The van der Waals surface area contributed by atoms with E-state index in [0.717, 1.165) is 6.42 Å². The minimum absolute atomic E-state index is 1.09. The predicted octanol–water partition coefficient (Wildman–Crippen LogP) is 5.14. The van der Waals surface area contributed by atoms with Crippen LogP contribution in [0.5, 0.6) is 0 Å². The van der Waals surface area contributed by atoms with Crippen LogP contribution >= 0.6 is 0 Å². The Morgan fingerprint density at radius 2 is 1.00 bits per heavy atom. The van der Waals surface area contributed by atoms with Crippen molar-refractivity contribution in [2.24, 2.45) is 0 Å². The highest BCUT2D eigenvalue weighted by Crippen LogP contribution is 2.08. The summed E-state index contributed by atoms with van der Waals surface area (Å²) in [6.45, 7) is 8.45. The van der Waals surface area contributed by atoms with E-state index in [9.17, 15) is 0 Å². The average molecular weight is 226 g/mol. The molecular weight excluding hydrogens is 204 g/mol. The first-order valence-corrected chi connectivity index (χ1v) is 6.13. The monoisotopic (exact) mass is 226 g/mol. The summed E-state index contributed by atoms with van der Waals surface area (Å²) in [6.07, 6.45) is 9.85. The van der Waals surface area contributed by atoms with Gasteiger partial charge in [-0.25, -0.2) is 0 Å². The second kappa shape index (κ2) is 6.90. The minimum Gasteiger partial charge on any atom is -0.0778 e. The van der Waals surface area contributed by atoms with Gasteiger partial charge in [0.2, 0.25) is 0 Å². The van der Waals surface area contributed by atoms with Crippen molar-refractivity contribution in [3.8, 4) is 0 Å². The molecule has 2 rings (SSSR count). The molecule has 17 heavy (non-hydrogen) atoms. The molecule has 0 N–H and O–H groups in total. The summed E-state index contributed by atoms with van der Waals surface area (Å²) < 4.78 is 0. The SMILES string of the molecule is CC1=CCC=C(C)C=C1.Cc1ccc(C)cc1. The largest absolute Gasteiger partial charge is 0.0778 e. The van der Waals surface area contributed by atoms with Crippen molar-refractivity contribution in [1.82, 2.24) is 0 Å². The van der Waals surface area contributed by atoms with Gasteiger partial charge in [-0.3, -0.25) is 0 Å². The first kappa shape index (κ1) is 13.5. The number of benzene rings is 1. The summed E-state index contributed by atoms with van der Waals surface area (Å²) in [5.74, 6) is 0. The highest BCUT2D eigenvalue weighted by atomic mass is 13.9. The van der Waals surface area contributed by atoms with Crippen LogP contribution in [-0.2, 0) is 0 Å². The lowest BCUT2D eigenvalue weighted by molar-refractivity contribution is 1.32. The molecule has 0 bridgehead atoms. The van der Waals surface area contributed by atoms with Crippen molar-refractivity contribution in [3.05, 3.63) is 70.8 Å². The topological polar surface area (TPSA) is 0 Å². The number of hydrogen-bond acceptors (Lipinski definition) is 0. The molecule has 0 aromatic heterocycles. The van der Waals surface area contributed by atoms with Crippen LogP contribution in [0.2, 0.25) is 0 Å². The van der Waals surface area contributed by atoms with E-state index in [1.165, 1.54) is 22.3 Å². The van der Waals surface area contributed by atoms with Crippen molar-refractivity contribution in [2.45, 2.75) is 34.1 Å². The Kier molecular flexibility index (Phi) is 5.48. The summed E-state index contributed by atoms with van der Waals surface area (Å²) in [4.78, 5) is 0. The Morgan fingerprint density at radius 1 is 0.647 bits per heavy atom. The van der Waals surface area contributed by atoms with Crippen LogP contribution < -0.4 is 0 Å². The van der Waals surface area contributed by atoms with Crippen LogP contribution in [0.15, 0.2) is 59.7 Å². The van der Waals surface area contributed by atoms with Gasteiger partial charge in [0.1, 0.15) is 0 Å². The van der Waals surface area contributed by atoms with Gasteiger partial charge in [-0.2, -0.15) is 0 Å². The fourth-order valence-corrected chi connectivity index (χ4v) is 1.47.